The molecule has 26 heavy (non-hydrogen) atoms. The van der Waals surface area contributed by atoms with Crippen molar-refractivity contribution >= 4 is 5.91 Å². The first-order valence-electron chi connectivity index (χ1n) is 8.97. The summed E-state index contributed by atoms with van der Waals surface area (Å²) >= 11 is 0. The summed E-state index contributed by atoms with van der Waals surface area (Å²) in [5.41, 5.74) is 8.00. The van der Waals surface area contributed by atoms with E-state index in [1.54, 1.807) is 30.3 Å². The number of benzene rings is 2. The lowest BCUT2D eigenvalue weighted by Crippen LogP contribution is -2.44. The molecule has 0 spiro atoms. The molecular formula is C20H22FN3O2. The highest BCUT2D eigenvalue weighted by atomic mass is 19.1. The van der Waals surface area contributed by atoms with E-state index >= 15 is 0 Å². The highest BCUT2D eigenvalue weighted by Crippen LogP contribution is 2.38. The summed E-state index contributed by atoms with van der Waals surface area (Å²) < 4.78 is 13.2. The van der Waals surface area contributed by atoms with Crippen LogP contribution in [-0.2, 0) is 0 Å². The molecule has 5 nitrogen and oxygen atoms in total. The number of phenolic OH excluding ortho intramolecular Hbond substituents is 1. The second-order valence-corrected chi connectivity index (χ2v) is 7.09. The third-order valence-corrected chi connectivity index (χ3v) is 5.47. The normalized spacial score (nSPS) is 27.7. The van der Waals surface area contributed by atoms with Gasteiger partial charge in [0.1, 0.15) is 11.6 Å². The molecule has 1 saturated carbocycles. The summed E-state index contributed by atoms with van der Waals surface area (Å²) in [6.45, 7) is 0. The van der Waals surface area contributed by atoms with Crippen LogP contribution in [-0.4, -0.2) is 23.1 Å². The summed E-state index contributed by atoms with van der Waals surface area (Å²) in [7, 11) is 0. The molecule has 6 heteroatoms. The monoisotopic (exact) mass is 355 g/mol. The Labute approximate surface area is 151 Å². The summed E-state index contributed by atoms with van der Waals surface area (Å²) in [4.78, 5) is 12.5. The fourth-order valence-corrected chi connectivity index (χ4v) is 4.12. The number of phenols is 1. The third kappa shape index (κ3) is 3.30. The molecule has 2 aromatic rings. The molecule has 4 atom stereocenters. The van der Waals surface area contributed by atoms with Crippen LogP contribution in [0.3, 0.4) is 0 Å². The molecule has 0 radical (unpaired) electrons. The van der Waals surface area contributed by atoms with Gasteiger partial charge in [0.05, 0.1) is 11.6 Å². The van der Waals surface area contributed by atoms with E-state index < -0.39 is 0 Å². The van der Waals surface area contributed by atoms with Gasteiger partial charge in [-0.3, -0.25) is 10.2 Å². The van der Waals surface area contributed by atoms with E-state index in [0.29, 0.717) is 17.5 Å². The number of hydrazine groups is 1. The van der Waals surface area contributed by atoms with Gasteiger partial charge >= 0.3 is 0 Å². The van der Waals surface area contributed by atoms with Crippen molar-refractivity contribution in [1.29, 1.82) is 0 Å². The molecule has 1 heterocycles. The van der Waals surface area contributed by atoms with Crippen molar-refractivity contribution < 1.29 is 14.3 Å². The maximum Gasteiger partial charge on any atom is 0.255 e. The number of halogens is 1. The van der Waals surface area contributed by atoms with E-state index in [1.165, 1.54) is 18.2 Å². The summed E-state index contributed by atoms with van der Waals surface area (Å²) in [6, 6.07) is 13.6. The van der Waals surface area contributed by atoms with Crippen molar-refractivity contribution in [2.24, 2.45) is 5.92 Å². The molecule has 1 amide bonds. The van der Waals surface area contributed by atoms with Crippen molar-refractivity contribution in [2.75, 3.05) is 0 Å². The van der Waals surface area contributed by atoms with Gasteiger partial charge in [-0.1, -0.05) is 24.3 Å². The zero-order chi connectivity index (χ0) is 18.1. The lowest BCUT2D eigenvalue weighted by molar-refractivity contribution is 0.0912. The molecule has 4 rings (SSSR count). The number of carbonyl (C=O) groups is 1. The number of hydrogen-bond donors (Lipinski definition) is 4. The number of carbonyl (C=O) groups excluding carboxylic acids is 1. The van der Waals surface area contributed by atoms with Gasteiger partial charge < -0.3 is 10.4 Å². The Bertz CT molecular complexity index is 796. The van der Waals surface area contributed by atoms with Crippen LogP contribution in [0.5, 0.6) is 5.75 Å². The minimum absolute atomic E-state index is 0.00734. The van der Waals surface area contributed by atoms with E-state index in [1.807, 2.05) is 0 Å². The van der Waals surface area contributed by atoms with E-state index in [9.17, 15) is 14.3 Å². The maximum absolute atomic E-state index is 13.2. The van der Waals surface area contributed by atoms with Crippen molar-refractivity contribution in [1.82, 2.24) is 16.2 Å². The average Bonchev–Trinajstić information content (AvgIpc) is 3.06. The van der Waals surface area contributed by atoms with Crippen LogP contribution < -0.4 is 16.2 Å². The molecule has 4 N–H and O–H groups in total. The first-order chi connectivity index (χ1) is 12.6. The van der Waals surface area contributed by atoms with Crippen LogP contribution in [0.15, 0.2) is 48.5 Å². The Morgan fingerprint density at radius 1 is 1.08 bits per heavy atom. The number of aromatic hydroxyl groups is 1. The van der Waals surface area contributed by atoms with Crippen molar-refractivity contribution in [3.8, 4) is 5.75 Å². The topological polar surface area (TPSA) is 73.4 Å². The van der Waals surface area contributed by atoms with Crippen molar-refractivity contribution in [3.05, 3.63) is 65.5 Å². The molecular weight excluding hydrogens is 333 g/mol. The zero-order valence-corrected chi connectivity index (χ0v) is 14.3. The van der Waals surface area contributed by atoms with Crippen LogP contribution in [0.25, 0.3) is 0 Å². The molecule has 2 aliphatic rings. The molecule has 1 saturated heterocycles. The Morgan fingerprint density at radius 3 is 2.62 bits per heavy atom. The molecule has 1 aliphatic heterocycles. The molecule has 136 valence electrons. The molecule has 0 aromatic heterocycles. The highest BCUT2D eigenvalue weighted by Gasteiger charge is 2.41. The number of nitrogens with one attached hydrogen (secondary N) is 3. The van der Waals surface area contributed by atoms with Crippen LogP contribution in [0, 0.1) is 11.7 Å². The van der Waals surface area contributed by atoms with Gasteiger partial charge in [-0.15, -0.1) is 0 Å². The van der Waals surface area contributed by atoms with Gasteiger partial charge in [0.15, 0.2) is 0 Å². The number of amides is 1. The Morgan fingerprint density at radius 2 is 1.85 bits per heavy atom. The van der Waals surface area contributed by atoms with Crippen LogP contribution in [0.1, 0.15) is 41.2 Å². The van der Waals surface area contributed by atoms with Crippen LogP contribution in [0.4, 0.5) is 4.39 Å². The van der Waals surface area contributed by atoms with Gasteiger partial charge in [0, 0.05) is 12.1 Å². The largest absolute Gasteiger partial charge is 0.507 e. The standard InChI is InChI=1S/C20H22FN3O2/c21-13-7-5-12(6-8-13)19-16-11-14(9-10-17(16)23-24-19)22-20(26)15-3-1-2-4-18(15)25/h1-8,14,16-17,19,23-25H,9-11H2,(H,22,26). The SMILES string of the molecule is O=C(NC1CCC2NNC(c3ccc(F)cc3)C2C1)c1ccccc1O. The second kappa shape index (κ2) is 7.05. The van der Waals surface area contributed by atoms with Gasteiger partial charge in [0.2, 0.25) is 0 Å². The van der Waals surface area contributed by atoms with Crippen molar-refractivity contribution in [2.45, 2.75) is 37.4 Å². The molecule has 2 fully saturated rings. The minimum atomic E-state index is -0.246. The minimum Gasteiger partial charge on any atom is -0.507 e. The fraction of sp³-hybridized carbons (Fsp3) is 0.350. The van der Waals surface area contributed by atoms with E-state index in [-0.39, 0.29) is 29.6 Å². The lowest BCUT2D eigenvalue weighted by atomic mass is 9.77. The van der Waals surface area contributed by atoms with Crippen LogP contribution >= 0.6 is 0 Å². The van der Waals surface area contributed by atoms with Crippen LogP contribution in [0.2, 0.25) is 0 Å². The third-order valence-electron chi connectivity index (χ3n) is 5.47. The van der Waals surface area contributed by atoms with Crippen molar-refractivity contribution in [3.63, 3.8) is 0 Å². The predicted molar refractivity (Wildman–Crippen MR) is 95.9 cm³/mol. The first-order valence-corrected chi connectivity index (χ1v) is 8.97. The zero-order valence-electron chi connectivity index (χ0n) is 14.3. The highest BCUT2D eigenvalue weighted by molar-refractivity contribution is 5.96. The average molecular weight is 355 g/mol. The predicted octanol–water partition coefficient (Wildman–Crippen LogP) is 2.65. The molecule has 4 unspecified atom stereocenters. The quantitative estimate of drug-likeness (QED) is 0.683. The smallest absolute Gasteiger partial charge is 0.255 e. The van der Waals surface area contributed by atoms with E-state index in [0.717, 1.165) is 24.8 Å². The lowest BCUT2D eigenvalue weighted by Gasteiger charge is -2.33. The second-order valence-electron chi connectivity index (χ2n) is 7.09. The van der Waals surface area contributed by atoms with E-state index in [2.05, 4.69) is 16.2 Å². The summed E-state index contributed by atoms with van der Waals surface area (Å²) in [6.07, 6.45) is 2.65. The Hall–Kier alpha value is -2.44. The van der Waals surface area contributed by atoms with Gasteiger partial charge in [0.25, 0.3) is 5.91 Å². The number of fused-ring (bicyclic) bond motifs is 1. The van der Waals surface area contributed by atoms with Gasteiger partial charge in [-0.25, -0.2) is 9.82 Å². The molecule has 1 aliphatic carbocycles. The molecule has 0 bridgehead atoms. The summed E-state index contributed by atoms with van der Waals surface area (Å²) in [5, 5.41) is 12.9. The first kappa shape index (κ1) is 17.0. The van der Waals surface area contributed by atoms with E-state index in [4.69, 9.17) is 0 Å². The van der Waals surface area contributed by atoms with Gasteiger partial charge in [-0.2, -0.15) is 0 Å². The maximum atomic E-state index is 13.2. The molecule has 2 aromatic carbocycles. The fourth-order valence-electron chi connectivity index (χ4n) is 4.12. The van der Waals surface area contributed by atoms with Gasteiger partial charge in [-0.05, 0) is 55.0 Å². The number of hydrogen-bond acceptors (Lipinski definition) is 4. The Balaban J connectivity index is 1.45. The number of rotatable bonds is 3. The Kier molecular flexibility index (Phi) is 4.61. The number of para-hydroxylation sites is 1. The summed E-state index contributed by atoms with van der Waals surface area (Å²) in [5.74, 6) is -0.188.